The Morgan fingerprint density at radius 2 is 2.11 bits per heavy atom. The van der Waals surface area contributed by atoms with Crippen molar-refractivity contribution in [3.63, 3.8) is 0 Å². The first kappa shape index (κ1) is 14.2. The summed E-state index contributed by atoms with van der Waals surface area (Å²) in [5.74, 6) is -1.51. The van der Waals surface area contributed by atoms with Crippen LogP contribution in [0.25, 0.3) is 0 Å². The normalized spacial score (nSPS) is 10.1. The molecule has 1 aromatic rings. The molecule has 0 spiro atoms. The van der Waals surface area contributed by atoms with Gasteiger partial charge in [0.1, 0.15) is 5.82 Å². The average molecular weight is 253 g/mol. The van der Waals surface area contributed by atoms with Gasteiger partial charge in [-0.05, 0) is 24.6 Å². The van der Waals surface area contributed by atoms with Crippen LogP contribution in [-0.4, -0.2) is 35.0 Å². The van der Waals surface area contributed by atoms with Gasteiger partial charge in [-0.15, -0.1) is 0 Å². The van der Waals surface area contributed by atoms with Crippen molar-refractivity contribution in [2.45, 2.75) is 19.8 Å². The number of carboxylic acids is 1. The van der Waals surface area contributed by atoms with Crippen LogP contribution in [0.2, 0.25) is 0 Å². The van der Waals surface area contributed by atoms with E-state index in [0.717, 1.165) is 0 Å². The van der Waals surface area contributed by atoms with Gasteiger partial charge >= 0.3 is 5.97 Å². The molecule has 0 aliphatic heterocycles. The van der Waals surface area contributed by atoms with Crippen molar-refractivity contribution >= 4 is 11.9 Å². The van der Waals surface area contributed by atoms with Crippen LogP contribution in [0.3, 0.4) is 0 Å². The monoisotopic (exact) mass is 253 g/mol. The SMILES string of the molecule is CCN(CCC(=O)O)C(=O)Cc1cccc(F)c1. The van der Waals surface area contributed by atoms with Gasteiger partial charge in [-0.3, -0.25) is 9.59 Å². The van der Waals surface area contributed by atoms with E-state index in [9.17, 15) is 14.0 Å². The number of amides is 1. The molecule has 98 valence electrons. The van der Waals surface area contributed by atoms with E-state index < -0.39 is 5.97 Å². The van der Waals surface area contributed by atoms with Crippen LogP contribution < -0.4 is 0 Å². The fourth-order valence-corrected chi connectivity index (χ4v) is 1.62. The number of carbonyl (C=O) groups excluding carboxylic acids is 1. The predicted molar refractivity (Wildman–Crippen MR) is 64.6 cm³/mol. The van der Waals surface area contributed by atoms with E-state index in [-0.39, 0.29) is 31.1 Å². The molecule has 0 unspecified atom stereocenters. The number of carboxylic acid groups (broad SMARTS) is 1. The van der Waals surface area contributed by atoms with Gasteiger partial charge in [0, 0.05) is 13.1 Å². The number of carbonyl (C=O) groups is 2. The molecule has 1 aromatic carbocycles. The van der Waals surface area contributed by atoms with Gasteiger partial charge in [0.2, 0.25) is 5.91 Å². The number of hydrogen-bond acceptors (Lipinski definition) is 2. The molecule has 0 saturated heterocycles. The van der Waals surface area contributed by atoms with E-state index in [1.54, 1.807) is 19.1 Å². The Bertz CT molecular complexity index is 434. The molecule has 18 heavy (non-hydrogen) atoms. The molecule has 0 aliphatic rings. The van der Waals surface area contributed by atoms with Gasteiger partial charge in [-0.25, -0.2) is 4.39 Å². The lowest BCUT2D eigenvalue weighted by Gasteiger charge is -2.19. The van der Waals surface area contributed by atoms with Gasteiger partial charge in [-0.2, -0.15) is 0 Å². The lowest BCUT2D eigenvalue weighted by molar-refractivity contribution is -0.138. The third kappa shape index (κ3) is 4.53. The van der Waals surface area contributed by atoms with Crippen LogP contribution in [0.1, 0.15) is 18.9 Å². The summed E-state index contributed by atoms with van der Waals surface area (Å²) in [5.41, 5.74) is 0.591. The number of halogens is 1. The summed E-state index contributed by atoms with van der Waals surface area (Å²) in [6.07, 6.45) is 0.00789. The van der Waals surface area contributed by atoms with Crippen LogP contribution in [0.15, 0.2) is 24.3 Å². The molecular weight excluding hydrogens is 237 g/mol. The molecule has 0 heterocycles. The highest BCUT2D eigenvalue weighted by molar-refractivity contribution is 5.79. The van der Waals surface area contributed by atoms with Crippen molar-refractivity contribution in [2.24, 2.45) is 0 Å². The van der Waals surface area contributed by atoms with Gasteiger partial charge < -0.3 is 10.0 Å². The van der Waals surface area contributed by atoms with Crippen molar-refractivity contribution in [3.8, 4) is 0 Å². The Hall–Kier alpha value is -1.91. The second-order valence-corrected chi connectivity index (χ2v) is 3.92. The minimum absolute atomic E-state index is 0.0806. The van der Waals surface area contributed by atoms with E-state index in [2.05, 4.69) is 0 Å². The van der Waals surface area contributed by atoms with Crippen LogP contribution in [0.4, 0.5) is 4.39 Å². The number of rotatable bonds is 6. The van der Waals surface area contributed by atoms with Crippen molar-refractivity contribution in [2.75, 3.05) is 13.1 Å². The van der Waals surface area contributed by atoms with Gasteiger partial charge in [0.25, 0.3) is 0 Å². The zero-order valence-corrected chi connectivity index (χ0v) is 10.2. The third-order valence-electron chi connectivity index (χ3n) is 2.57. The maximum absolute atomic E-state index is 13.0. The van der Waals surface area contributed by atoms with Gasteiger partial charge in [0.05, 0.1) is 12.8 Å². The second kappa shape index (κ2) is 6.74. The summed E-state index contributed by atoms with van der Waals surface area (Å²) in [5, 5.41) is 8.58. The summed E-state index contributed by atoms with van der Waals surface area (Å²) in [6.45, 7) is 2.41. The van der Waals surface area contributed by atoms with Crippen LogP contribution in [0, 0.1) is 5.82 Å². The Kier molecular flexibility index (Phi) is 5.30. The lowest BCUT2D eigenvalue weighted by atomic mass is 10.1. The second-order valence-electron chi connectivity index (χ2n) is 3.92. The van der Waals surface area contributed by atoms with Gasteiger partial charge in [0.15, 0.2) is 0 Å². The average Bonchev–Trinajstić information content (AvgIpc) is 2.29. The molecule has 0 aromatic heterocycles. The number of likely N-dealkylation sites (N-methyl/N-ethyl adjacent to an activating group) is 1. The highest BCUT2D eigenvalue weighted by Gasteiger charge is 2.13. The Morgan fingerprint density at radius 3 is 2.67 bits per heavy atom. The molecule has 4 nitrogen and oxygen atoms in total. The number of hydrogen-bond donors (Lipinski definition) is 1. The predicted octanol–water partition coefficient (Wildman–Crippen LogP) is 1.69. The molecule has 0 aliphatic carbocycles. The fraction of sp³-hybridized carbons (Fsp3) is 0.385. The van der Waals surface area contributed by atoms with Crippen molar-refractivity contribution in [3.05, 3.63) is 35.6 Å². The molecule has 1 N–H and O–H groups in total. The van der Waals surface area contributed by atoms with E-state index in [1.165, 1.54) is 17.0 Å². The summed E-state index contributed by atoms with van der Waals surface area (Å²) in [7, 11) is 0. The van der Waals surface area contributed by atoms with Crippen LogP contribution in [-0.2, 0) is 16.0 Å². The zero-order valence-electron chi connectivity index (χ0n) is 10.2. The minimum atomic E-state index is -0.938. The smallest absolute Gasteiger partial charge is 0.305 e. The van der Waals surface area contributed by atoms with Crippen molar-refractivity contribution in [1.82, 2.24) is 4.90 Å². The number of aliphatic carboxylic acids is 1. The van der Waals surface area contributed by atoms with Gasteiger partial charge in [-0.1, -0.05) is 12.1 Å². The van der Waals surface area contributed by atoms with E-state index >= 15 is 0 Å². The first-order valence-corrected chi connectivity index (χ1v) is 5.77. The summed E-state index contributed by atoms with van der Waals surface area (Å²) < 4.78 is 13.0. The van der Waals surface area contributed by atoms with E-state index in [1.807, 2.05) is 0 Å². The summed E-state index contributed by atoms with van der Waals surface area (Å²) in [6, 6.07) is 5.84. The highest BCUT2D eigenvalue weighted by atomic mass is 19.1. The first-order valence-electron chi connectivity index (χ1n) is 5.77. The van der Waals surface area contributed by atoms with Crippen LogP contribution in [0.5, 0.6) is 0 Å². The topological polar surface area (TPSA) is 57.6 Å². The highest BCUT2D eigenvalue weighted by Crippen LogP contribution is 2.06. The molecule has 0 radical (unpaired) electrons. The Morgan fingerprint density at radius 1 is 1.39 bits per heavy atom. The molecule has 5 heteroatoms. The molecule has 0 saturated carbocycles. The summed E-state index contributed by atoms with van der Waals surface area (Å²) in [4.78, 5) is 23.8. The molecule has 0 atom stereocenters. The molecule has 1 rings (SSSR count). The molecule has 0 fully saturated rings. The van der Waals surface area contributed by atoms with E-state index in [4.69, 9.17) is 5.11 Å². The maximum Gasteiger partial charge on any atom is 0.305 e. The largest absolute Gasteiger partial charge is 0.481 e. The number of nitrogens with zero attached hydrogens (tertiary/aromatic N) is 1. The maximum atomic E-state index is 13.0. The quantitative estimate of drug-likeness (QED) is 0.839. The minimum Gasteiger partial charge on any atom is -0.481 e. The number of benzene rings is 1. The Labute approximate surface area is 105 Å². The first-order chi connectivity index (χ1) is 8.52. The molecule has 1 amide bonds. The molecule has 0 bridgehead atoms. The zero-order chi connectivity index (χ0) is 13.5. The summed E-state index contributed by atoms with van der Waals surface area (Å²) >= 11 is 0. The molecular formula is C13H16FNO3. The standard InChI is InChI=1S/C13H16FNO3/c1-2-15(7-6-13(17)18)12(16)9-10-4-3-5-11(14)8-10/h3-5,8H,2,6-7,9H2,1H3,(H,17,18). The van der Waals surface area contributed by atoms with E-state index in [0.29, 0.717) is 12.1 Å². The van der Waals surface area contributed by atoms with Crippen LogP contribution >= 0.6 is 0 Å². The Balaban J connectivity index is 2.59. The third-order valence-corrected chi connectivity index (χ3v) is 2.57. The van der Waals surface area contributed by atoms with Crippen molar-refractivity contribution < 1.29 is 19.1 Å². The fourth-order valence-electron chi connectivity index (χ4n) is 1.62. The van der Waals surface area contributed by atoms with Crippen molar-refractivity contribution in [1.29, 1.82) is 0 Å². The lowest BCUT2D eigenvalue weighted by Crippen LogP contribution is -2.34.